The zero-order valence-corrected chi connectivity index (χ0v) is 23.8. The molecule has 0 bridgehead atoms. The maximum absolute atomic E-state index is 6.29. The molecule has 3 aromatic heterocycles. The average Bonchev–Trinajstić information content (AvgIpc) is 3.77. The van der Waals surface area contributed by atoms with Crippen molar-refractivity contribution < 1.29 is 8.83 Å². The van der Waals surface area contributed by atoms with Crippen LogP contribution in [0.15, 0.2) is 142 Å². The molecule has 0 fully saturated rings. The summed E-state index contributed by atoms with van der Waals surface area (Å²) in [5.74, 6) is 0.596. The standard InChI is InChI=1S/C39H23NO2S/c1-2-9-24(10-3-1)23-30(27-13-8-16-35-36(27)29-12-5-7-15-34(29)43-35)25-17-19-26(20-18-25)39-40-38-33(42-39)22-21-32-37(38)28-11-4-6-14-31(28)41-32/h1-23H/b30-23-. The molecule has 0 radical (unpaired) electrons. The maximum atomic E-state index is 6.29. The lowest BCUT2D eigenvalue weighted by molar-refractivity contribution is 0.619. The first-order valence-corrected chi connectivity index (χ1v) is 15.1. The Kier molecular flexibility index (Phi) is 5.37. The van der Waals surface area contributed by atoms with Crippen molar-refractivity contribution in [3.05, 3.63) is 150 Å². The fourth-order valence-corrected chi connectivity index (χ4v) is 7.28. The van der Waals surface area contributed by atoms with E-state index >= 15 is 0 Å². The summed E-state index contributed by atoms with van der Waals surface area (Å²) in [5, 5.41) is 4.62. The molecule has 0 saturated heterocycles. The highest BCUT2D eigenvalue weighted by atomic mass is 32.1. The number of thiophene rings is 1. The van der Waals surface area contributed by atoms with E-state index in [2.05, 4.69) is 109 Å². The second-order valence-electron chi connectivity index (χ2n) is 10.7. The van der Waals surface area contributed by atoms with Crippen molar-refractivity contribution in [3.8, 4) is 11.5 Å². The summed E-state index contributed by atoms with van der Waals surface area (Å²) in [5.41, 5.74) is 8.86. The van der Waals surface area contributed by atoms with E-state index in [1.165, 1.54) is 31.3 Å². The van der Waals surface area contributed by atoms with E-state index in [9.17, 15) is 0 Å². The van der Waals surface area contributed by atoms with E-state index in [4.69, 9.17) is 13.8 Å². The molecule has 0 spiro atoms. The molecular weight excluding hydrogens is 547 g/mol. The molecule has 0 unspecified atom stereocenters. The molecule has 9 rings (SSSR count). The second kappa shape index (κ2) is 9.55. The summed E-state index contributed by atoms with van der Waals surface area (Å²) >= 11 is 1.84. The Balaban J connectivity index is 1.19. The van der Waals surface area contributed by atoms with Gasteiger partial charge in [0.1, 0.15) is 16.7 Å². The number of furan rings is 1. The largest absolute Gasteiger partial charge is 0.456 e. The van der Waals surface area contributed by atoms with Crippen molar-refractivity contribution in [2.75, 3.05) is 0 Å². The van der Waals surface area contributed by atoms with E-state index in [1.54, 1.807) is 0 Å². The van der Waals surface area contributed by atoms with Crippen molar-refractivity contribution in [1.29, 1.82) is 0 Å². The summed E-state index contributed by atoms with van der Waals surface area (Å²) in [7, 11) is 0. The molecule has 3 heterocycles. The van der Waals surface area contributed by atoms with Crippen molar-refractivity contribution in [2.24, 2.45) is 0 Å². The lowest BCUT2D eigenvalue weighted by atomic mass is 9.92. The zero-order valence-electron chi connectivity index (χ0n) is 23.0. The number of aromatic nitrogens is 1. The number of nitrogens with zero attached hydrogens (tertiary/aromatic N) is 1. The summed E-state index contributed by atoms with van der Waals surface area (Å²) in [6.45, 7) is 0. The number of para-hydroxylation sites is 1. The lowest BCUT2D eigenvalue weighted by Gasteiger charge is -2.12. The van der Waals surface area contributed by atoms with Crippen LogP contribution >= 0.6 is 11.3 Å². The van der Waals surface area contributed by atoms with Crippen LogP contribution in [-0.2, 0) is 0 Å². The molecule has 3 nitrogen and oxygen atoms in total. The fraction of sp³-hybridized carbons (Fsp3) is 0. The smallest absolute Gasteiger partial charge is 0.227 e. The highest BCUT2D eigenvalue weighted by Crippen LogP contribution is 2.41. The van der Waals surface area contributed by atoms with Crippen molar-refractivity contribution in [1.82, 2.24) is 4.98 Å². The van der Waals surface area contributed by atoms with Gasteiger partial charge in [0.25, 0.3) is 0 Å². The number of fused-ring (bicyclic) bond motifs is 8. The van der Waals surface area contributed by atoms with Crippen LogP contribution in [0.1, 0.15) is 16.7 Å². The summed E-state index contributed by atoms with van der Waals surface area (Å²) < 4.78 is 15.0. The van der Waals surface area contributed by atoms with Gasteiger partial charge in [0.2, 0.25) is 5.89 Å². The Morgan fingerprint density at radius 3 is 2.19 bits per heavy atom. The van der Waals surface area contributed by atoms with E-state index in [1.807, 2.05) is 41.7 Å². The minimum atomic E-state index is 0.596. The highest BCUT2D eigenvalue weighted by molar-refractivity contribution is 7.25. The van der Waals surface area contributed by atoms with Crippen molar-refractivity contribution in [2.45, 2.75) is 0 Å². The SMILES string of the molecule is C(=C(\c1ccc(-c2nc3c(ccc4oc5ccccc5c43)o2)cc1)c1cccc2sc3ccccc3c12)/c1ccccc1. The number of hydrogen-bond donors (Lipinski definition) is 0. The molecule has 202 valence electrons. The maximum Gasteiger partial charge on any atom is 0.227 e. The average molecular weight is 570 g/mol. The second-order valence-corrected chi connectivity index (χ2v) is 11.8. The quantitative estimate of drug-likeness (QED) is 0.198. The van der Waals surface area contributed by atoms with Gasteiger partial charge in [0.05, 0.1) is 5.39 Å². The van der Waals surface area contributed by atoms with E-state index in [0.29, 0.717) is 5.89 Å². The predicted molar refractivity (Wildman–Crippen MR) is 179 cm³/mol. The molecule has 43 heavy (non-hydrogen) atoms. The monoisotopic (exact) mass is 569 g/mol. The molecule has 0 aliphatic carbocycles. The molecule has 0 saturated carbocycles. The van der Waals surface area contributed by atoms with Gasteiger partial charge in [-0.2, -0.15) is 0 Å². The first-order valence-electron chi connectivity index (χ1n) is 14.3. The van der Waals surface area contributed by atoms with E-state index in [0.717, 1.165) is 49.7 Å². The van der Waals surface area contributed by atoms with Crippen LogP contribution in [0.25, 0.3) is 76.3 Å². The van der Waals surface area contributed by atoms with Crippen LogP contribution < -0.4 is 0 Å². The lowest BCUT2D eigenvalue weighted by Crippen LogP contribution is -1.90. The third kappa shape index (κ3) is 3.92. The zero-order chi connectivity index (χ0) is 28.3. The Morgan fingerprint density at radius 2 is 1.30 bits per heavy atom. The normalized spacial score (nSPS) is 12.3. The summed E-state index contributed by atoms with van der Waals surface area (Å²) in [4.78, 5) is 4.96. The Labute approximate surface area is 250 Å². The van der Waals surface area contributed by atoms with Crippen molar-refractivity contribution in [3.63, 3.8) is 0 Å². The first kappa shape index (κ1) is 24.2. The third-order valence-corrected chi connectivity index (χ3v) is 9.28. The van der Waals surface area contributed by atoms with Crippen molar-refractivity contribution >= 4 is 76.2 Å². The van der Waals surface area contributed by atoms with Crippen LogP contribution in [0, 0.1) is 0 Å². The van der Waals surface area contributed by atoms with Crippen LogP contribution in [0.2, 0.25) is 0 Å². The van der Waals surface area contributed by atoms with Gasteiger partial charge in [0.15, 0.2) is 5.58 Å². The van der Waals surface area contributed by atoms with Gasteiger partial charge in [-0.05, 0) is 70.8 Å². The molecular formula is C39H23NO2S. The predicted octanol–water partition coefficient (Wildman–Crippen LogP) is 11.4. The number of benzene rings is 6. The van der Waals surface area contributed by atoms with Gasteiger partial charge in [-0.15, -0.1) is 11.3 Å². The first-order chi connectivity index (χ1) is 21.3. The minimum absolute atomic E-state index is 0.596. The van der Waals surface area contributed by atoms with Crippen LogP contribution in [0.5, 0.6) is 0 Å². The molecule has 0 aliphatic heterocycles. The third-order valence-electron chi connectivity index (χ3n) is 8.15. The Hall–Kier alpha value is -5.45. The Morgan fingerprint density at radius 1 is 0.558 bits per heavy atom. The molecule has 0 N–H and O–H groups in total. The van der Waals surface area contributed by atoms with E-state index in [-0.39, 0.29) is 0 Å². The van der Waals surface area contributed by atoms with Crippen LogP contribution in [-0.4, -0.2) is 4.98 Å². The number of rotatable bonds is 4. The van der Waals surface area contributed by atoms with Gasteiger partial charge in [0, 0.05) is 31.1 Å². The van der Waals surface area contributed by atoms with E-state index < -0.39 is 0 Å². The minimum Gasteiger partial charge on any atom is -0.456 e. The van der Waals surface area contributed by atoms with Gasteiger partial charge in [-0.1, -0.05) is 91.0 Å². The summed E-state index contributed by atoms with van der Waals surface area (Å²) in [6, 6.07) is 46.4. The number of oxazole rings is 1. The van der Waals surface area contributed by atoms with Gasteiger partial charge in [-0.3, -0.25) is 0 Å². The molecule has 0 atom stereocenters. The van der Waals surface area contributed by atoms with Crippen LogP contribution in [0.4, 0.5) is 0 Å². The molecule has 0 aliphatic rings. The van der Waals surface area contributed by atoms with Gasteiger partial charge >= 0.3 is 0 Å². The van der Waals surface area contributed by atoms with Gasteiger partial charge in [-0.25, -0.2) is 4.98 Å². The molecule has 4 heteroatoms. The topological polar surface area (TPSA) is 39.2 Å². The fourth-order valence-electron chi connectivity index (χ4n) is 6.15. The molecule has 9 aromatic rings. The number of hydrogen-bond acceptors (Lipinski definition) is 4. The summed E-state index contributed by atoms with van der Waals surface area (Å²) in [6.07, 6.45) is 2.29. The molecule has 0 amide bonds. The van der Waals surface area contributed by atoms with Gasteiger partial charge < -0.3 is 8.83 Å². The molecule has 6 aromatic carbocycles. The highest BCUT2D eigenvalue weighted by Gasteiger charge is 2.18. The van der Waals surface area contributed by atoms with Crippen LogP contribution in [0.3, 0.4) is 0 Å². The Bertz CT molecular complexity index is 2500.